The summed E-state index contributed by atoms with van der Waals surface area (Å²) in [6, 6.07) is 2.86. The maximum atomic E-state index is 13.2. The lowest BCUT2D eigenvalue weighted by Gasteiger charge is -2.35. The molecule has 4 N–H and O–H groups in total. The van der Waals surface area contributed by atoms with Crippen LogP contribution in [-0.2, 0) is 5.66 Å². The summed E-state index contributed by atoms with van der Waals surface area (Å²) in [6.45, 7) is 1.75. The highest BCUT2D eigenvalue weighted by molar-refractivity contribution is 6.03. The lowest BCUT2D eigenvalue weighted by atomic mass is 9.89. The van der Waals surface area contributed by atoms with Crippen molar-refractivity contribution in [3.63, 3.8) is 0 Å². The molecule has 140 valence electrons. The molecule has 0 atom stereocenters. The fourth-order valence-corrected chi connectivity index (χ4v) is 4.02. The van der Waals surface area contributed by atoms with E-state index in [-0.39, 0.29) is 23.1 Å². The molecule has 1 fully saturated rings. The summed E-state index contributed by atoms with van der Waals surface area (Å²) >= 11 is 0. The maximum Gasteiger partial charge on any atom is 0.276 e. The Labute approximate surface area is 155 Å². The van der Waals surface area contributed by atoms with Gasteiger partial charge in [-0.15, -0.1) is 0 Å². The number of rotatable bonds is 2. The molecular weight excluding hydrogens is 348 g/mol. The minimum Gasteiger partial charge on any atom is -0.384 e. The lowest BCUT2D eigenvalue weighted by Crippen LogP contribution is -2.49. The van der Waals surface area contributed by atoms with E-state index in [1.165, 1.54) is 23.0 Å². The van der Waals surface area contributed by atoms with E-state index in [1.807, 2.05) is 0 Å². The Morgan fingerprint density at radius 2 is 1.96 bits per heavy atom. The van der Waals surface area contributed by atoms with Crippen LogP contribution >= 0.6 is 0 Å². The van der Waals surface area contributed by atoms with Crippen LogP contribution in [0.5, 0.6) is 0 Å². The van der Waals surface area contributed by atoms with Gasteiger partial charge in [-0.1, -0.05) is 6.42 Å². The normalized spacial score (nSPS) is 17.4. The van der Waals surface area contributed by atoms with E-state index in [2.05, 4.69) is 20.6 Å². The zero-order valence-corrected chi connectivity index (χ0v) is 14.9. The Balaban J connectivity index is 1.77. The zero-order valence-electron chi connectivity index (χ0n) is 14.9. The van der Waals surface area contributed by atoms with Crippen LogP contribution in [0.4, 0.5) is 11.5 Å². The SMILES string of the molecule is Cc1cc(NC(=O)c2cc(N)ncn2)c(=O)n2c1C(=O)NC21CCCCC1. The van der Waals surface area contributed by atoms with Crippen LogP contribution in [0.2, 0.25) is 0 Å². The molecule has 0 unspecified atom stereocenters. The van der Waals surface area contributed by atoms with Crippen molar-refractivity contribution >= 4 is 23.3 Å². The van der Waals surface area contributed by atoms with Crippen LogP contribution in [0, 0.1) is 6.92 Å². The van der Waals surface area contributed by atoms with Crippen molar-refractivity contribution in [2.75, 3.05) is 11.1 Å². The van der Waals surface area contributed by atoms with Crippen LogP contribution in [0.25, 0.3) is 0 Å². The highest BCUT2D eigenvalue weighted by atomic mass is 16.2. The molecule has 9 nitrogen and oxygen atoms in total. The third-order valence-electron chi connectivity index (χ3n) is 5.23. The van der Waals surface area contributed by atoms with Crippen LogP contribution < -0.4 is 21.9 Å². The van der Waals surface area contributed by atoms with E-state index in [0.29, 0.717) is 24.1 Å². The second-order valence-electron chi connectivity index (χ2n) is 7.06. The number of amides is 2. The maximum absolute atomic E-state index is 13.2. The molecule has 0 aromatic carbocycles. The first-order valence-corrected chi connectivity index (χ1v) is 8.90. The quantitative estimate of drug-likeness (QED) is 0.728. The van der Waals surface area contributed by atoms with Gasteiger partial charge in [0, 0.05) is 6.07 Å². The first-order valence-electron chi connectivity index (χ1n) is 8.90. The van der Waals surface area contributed by atoms with Gasteiger partial charge < -0.3 is 16.4 Å². The topological polar surface area (TPSA) is 132 Å². The van der Waals surface area contributed by atoms with Gasteiger partial charge in [0.2, 0.25) is 0 Å². The summed E-state index contributed by atoms with van der Waals surface area (Å²) in [7, 11) is 0. The van der Waals surface area contributed by atoms with E-state index in [4.69, 9.17) is 5.73 Å². The Bertz CT molecular complexity index is 1010. The summed E-state index contributed by atoms with van der Waals surface area (Å²) < 4.78 is 1.54. The highest BCUT2D eigenvalue weighted by Crippen LogP contribution is 2.37. The molecule has 4 rings (SSSR count). The van der Waals surface area contributed by atoms with Gasteiger partial charge in [0.1, 0.15) is 34.9 Å². The number of hydrogen-bond donors (Lipinski definition) is 3. The second-order valence-corrected chi connectivity index (χ2v) is 7.06. The van der Waals surface area contributed by atoms with Crippen LogP contribution in [0.3, 0.4) is 0 Å². The second kappa shape index (κ2) is 6.19. The summed E-state index contributed by atoms with van der Waals surface area (Å²) in [5, 5.41) is 5.61. The third kappa shape index (κ3) is 2.75. The van der Waals surface area contributed by atoms with Crippen LogP contribution in [-0.4, -0.2) is 26.3 Å². The van der Waals surface area contributed by atoms with Gasteiger partial charge >= 0.3 is 0 Å². The molecular formula is C18H20N6O3. The molecule has 0 radical (unpaired) electrons. The molecule has 2 aliphatic rings. The van der Waals surface area contributed by atoms with Crippen LogP contribution in [0.1, 0.15) is 58.6 Å². The van der Waals surface area contributed by atoms with Crippen molar-refractivity contribution in [2.45, 2.75) is 44.7 Å². The predicted molar refractivity (Wildman–Crippen MR) is 98.4 cm³/mol. The monoisotopic (exact) mass is 368 g/mol. The minimum absolute atomic E-state index is 0.0617. The molecule has 2 amide bonds. The lowest BCUT2D eigenvalue weighted by molar-refractivity contribution is 0.0875. The van der Waals surface area contributed by atoms with Crippen molar-refractivity contribution in [1.82, 2.24) is 19.9 Å². The number of nitrogen functional groups attached to an aromatic ring is 1. The zero-order chi connectivity index (χ0) is 19.2. The Hall–Kier alpha value is -3.23. The van der Waals surface area contributed by atoms with E-state index >= 15 is 0 Å². The number of hydrogen-bond acceptors (Lipinski definition) is 6. The van der Waals surface area contributed by atoms with Gasteiger partial charge in [0.25, 0.3) is 17.4 Å². The molecule has 3 heterocycles. The van der Waals surface area contributed by atoms with Crippen molar-refractivity contribution in [3.8, 4) is 0 Å². The number of aryl methyl sites for hydroxylation is 1. The molecule has 9 heteroatoms. The number of nitrogens with two attached hydrogens (primary N) is 1. The molecule has 2 aromatic heterocycles. The molecule has 0 bridgehead atoms. The third-order valence-corrected chi connectivity index (χ3v) is 5.23. The molecule has 1 spiro atoms. The van der Waals surface area contributed by atoms with Gasteiger partial charge in [-0.05, 0) is 44.2 Å². The van der Waals surface area contributed by atoms with Gasteiger partial charge in [-0.2, -0.15) is 0 Å². The van der Waals surface area contributed by atoms with E-state index in [9.17, 15) is 14.4 Å². The van der Waals surface area contributed by atoms with E-state index in [0.717, 1.165) is 19.3 Å². The van der Waals surface area contributed by atoms with Gasteiger partial charge in [0.15, 0.2) is 0 Å². The summed E-state index contributed by atoms with van der Waals surface area (Å²) in [5.41, 5.74) is 5.66. The molecule has 2 aromatic rings. The highest BCUT2D eigenvalue weighted by Gasteiger charge is 2.45. The van der Waals surface area contributed by atoms with Crippen LogP contribution in [0.15, 0.2) is 23.3 Å². The van der Waals surface area contributed by atoms with E-state index < -0.39 is 17.1 Å². The standard InChI is InChI=1S/C18H20N6O3/c1-10-7-12(22-15(25)11-8-13(19)21-9-20-11)17(27)24-14(10)16(26)23-18(24)5-3-2-4-6-18/h7-9H,2-6H2,1H3,(H,22,25)(H,23,26)(H2,19,20,21). The molecule has 1 aliphatic heterocycles. The molecule has 27 heavy (non-hydrogen) atoms. The summed E-state index contributed by atoms with van der Waals surface area (Å²) in [6.07, 6.45) is 5.52. The smallest absolute Gasteiger partial charge is 0.276 e. The number of pyridine rings is 1. The number of nitrogens with zero attached hydrogens (tertiary/aromatic N) is 3. The minimum atomic E-state index is -0.702. The van der Waals surface area contributed by atoms with E-state index in [1.54, 1.807) is 6.92 Å². The number of nitrogens with one attached hydrogen (secondary N) is 2. The number of anilines is 2. The number of carbonyl (C=O) groups is 2. The summed E-state index contributed by atoms with van der Waals surface area (Å²) in [5.74, 6) is -0.642. The van der Waals surface area contributed by atoms with Gasteiger partial charge in [0.05, 0.1) is 0 Å². The first-order chi connectivity index (χ1) is 12.9. The largest absolute Gasteiger partial charge is 0.384 e. The summed E-state index contributed by atoms with van der Waals surface area (Å²) in [4.78, 5) is 45.8. The molecule has 0 saturated heterocycles. The number of fused-ring (bicyclic) bond motifs is 2. The van der Waals surface area contributed by atoms with Gasteiger partial charge in [-0.3, -0.25) is 19.0 Å². The van der Waals surface area contributed by atoms with Gasteiger partial charge in [-0.25, -0.2) is 9.97 Å². The fourth-order valence-electron chi connectivity index (χ4n) is 4.02. The predicted octanol–water partition coefficient (Wildman–Crippen LogP) is 1.14. The van der Waals surface area contributed by atoms with Crippen molar-refractivity contribution in [1.29, 1.82) is 0 Å². The molecule has 1 aliphatic carbocycles. The average molecular weight is 368 g/mol. The number of aromatic nitrogens is 3. The number of carbonyl (C=O) groups excluding carboxylic acids is 2. The Morgan fingerprint density at radius 1 is 1.22 bits per heavy atom. The van der Waals surface area contributed by atoms with Crippen molar-refractivity contribution < 1.29 is 9.59 Å². The Morgan fingerprint density at radius 3 is 2.67 bits per heavy atom. The van der Waals surface area contributed by atoms with Crippen molar-refractivity contribution in [2.24, 2.45) is 0 Å². The average Bonchev–Trinajstić information content (AvgIpc) is 2.92. The Kier molecular flexibility index (Phi) is 3.94. The molecule has 1 saturated carbocycles. The fraction of sp³-hybridized carbons (Fsp3) is 0.389. The van der Waals surface area contributed by atoms with Crippen molar-refractivity contribution in [3.05, 3.63) is 45.8 Å². The first kappa shape index (κ1) is 17.2.